The molecule has 1 aliphatic heterocycles. The first-order chi connectivity index (χ1) is 7.72. The van der Waals surface area contributed by atoms with Crippen LogP contribution in [0.25, 0.3) is 0 Å². The number of esters is 1. The summed E-state index contributed by atoms with van der Waals surface area (Å²) < 4.78 is 10.2. The second-order valence-corrected chi connectivity index (χ2v) is 3.55. The highest BCUT2D eigenvalue weighted by atomic mass is 16.5. The van der Waals surface area contributed by atoms with Crippen molar-refractivity contribution in [2.75, 3.05) is 18.9 Å². The Hall–Kier alpha value is -1.62. The lowest BCUT2D eigenvalue weighted by atomic mass is 10.1. The van der Waals surface area contributed by atoms with Crippen LogP contribution in [0.5, 0.6) is 0 Å². The van der Waals surface area contributed by atoms with E-state index in [0.717, 1.165) is 17.7 Å². The van der Waals surface area contributed by atoms with Gasteiger partial charge in [-0.15, -0.1) is 0 Å². The van der Waals surface area contributed by atoms with Crippen LogP contribution < -0.4 is 5.73 Å². The molecular weight excluding hydrogens is 208 g/mol. The van der Waals surface area contributed by atoms with E-state index in [9.17, 15) is 4.79 Å². The lowest BCUT2D eigenvalue weighted by Crippen LogP contribution is -2.17. The predicted molar refractivity (Wildman–Crippen MR) is 58.0 cm³/mol. The molecule has 1 aromatic heterocycles. The summed E-state index contributed by atoms with van der Waals surface area (Å²) in [5.74, 6) is -0.194. The number of rotatable bonds is 2. The molecule has 0 unspecified atom stereocenters. The number of aromatic nitrogens is 1. The summed E-state index contributed by atoms with van der Waals surface area (Å²) in [4.78, 5) is 15.8. The normalized spacial score (nSPS) is 14.3. The number of carbonyl (C=O) groups is 1. The number of ether oxygens (including phenoxy) is 2. The van der Waals surface area contributed by atoms with Gasteiger partial charge in [-0.25, -0.2) is 9.78 Å². The van der Waals surface area contributed by atoms with E-state index in [1.807, 2.05) is 0 Å². The van der Waals surface area contributed by atoms with Crippen molar-refractivity contribution < 1.29 is 14.3 Å². The first-order valence-corrected chi connectivity index (χ1v) is 5.25. The summed E-state index contributed by atoms with van der Waals surface area (Å²) >= 11 is 0. The zero-order valence-corrected chi connectivity index (χ0v) is 9.16. The molecule has 0 radical (unpaired) electrons. The van der Waals surface area contributed by atoms with E-state index in [1.54, 1.807) is 13.0 Å². The molecule has 5 nitrogen and oxygen atoms in total. The monoisotopic (exact) mass is 222 g/mol. The number of carbonyl (C=O) groups excluding carboxylic acids is 1. The topological polar surface area (TPSA) is 74.4 Å². The first kappa shape index (κ1) is 10.9. The smallest absolute Gasteiger partial charge is 0.341 e. The summed E-state index contributed by atoms with van der Waals surface area (Å²) in [6, 6.07) is 1.72. The maximum Gasteiger partial charge on any atom is 0.341 e. The Morgan fingerprint density at radius 1 is 1.69 bits per heavy atom. The van der Waals surface area contributed by atoms with E-state index >= 15 is 0 Å². The summed E-state index contributed by atoms with van der Waals surface area (Å²) in [5.41, 5.74) is 7.88. The summed E-state index contributed by atoms with van der Waals surface area (Å²) in [6.07, 6.45) is 0.739. The molecule has 5 heteroatoms. The van der Waals surface area contributed by atoms with Gasteiger partial charge in [0.05, 0.1) is 25.5 Å². The number of nitrogen functional groups attached to an aromatic ring is 1. The molecule has 0 fully saturated rings. The Morgan fingerprint density at radius 3 is 3.25 bits per heavy atom. The minimum absolute atomic E-state index is 0.235. The number of anilines is 1. The highest BCUT2D eigenvalue weighted by molar-refractivity contribution is 5.94. The van der Waals surface area contributed by atoms with Crippen LogP contribution >= 0.6 is 0 Å². The van der Waals surface area contributed by atoms with Gasteiger partial charge >= 0.3 is 5.97 Å². The van der Waals surface area contributed by atoms with Crippen molar-refractivity contribution in [2.45, 2.75) is 20.0 Å². The summed E-state index contributed by atoms with van der Waals surface area (Å²) in [7, 11) is 0. The highest BCUT2D eigenvalue weighted by Gasteiger charge is 2.18. The van der Waals surface area contributed by atoms with Crippen molar-refractivity contribution in [2.24, 2.45) is 0 Å². The number of hydrogen-bond donors (Lipinski definition) is 1. The quantitative estimate of drug-likeness (QED) is 0.753. The second-order valence-electron chi connectivity index (χ2n) is 3.55. The minimum Gasteiger partial charge on any atom is -0.462 e. The largest absolute Gasteiger partial charge is 0.462 e. The Labute approximate surface area is 93.6 Å². The zero-order chi connectivity index (χ0) is 11.5. The van der Waals surface area contributed by atoms with E-state index < -0.39 is 5.97 Å². The number of nitrogens with zero attached hydrogens (tertiary/aromatic N) is 1. The molecule has 2 heterocycles. The third kappa shape index (κ3) is 1.99. The summed E-state index contributed by atoms with van der Waals surface area (Å²) in [5, 5.41) is 0. The number of pyridine rings is 1. The first-order valence-electron chi connectivity index (χ1n) is 5.25. The molecular formula is C11H14N2O3. The van der Waals surface area contributed by atoms with E-state index in [0.29, 0.717) is 25.4 Å². The van der Waals surface area contributed by atoms with Gasteiger partial charge in [0.15, 0.2) is 0 Å². The molecule has 0 atom stereocenters. The van der Waals surface area contributed by atoms with E-state index in [4.69, 9.17) is 15.2 Å². The molecule has 0 saturated carbocycles. The number of fused-ring (bicyclic) bond motifs is 1. The van der Waals surface area contributed by atoms with Crippen LogP contribution in [0.2, 0.25) is 0 Å². The Kier molecular flexibility index (Phi) is 3.05. The van der Waals surface area contributed by atoms with Crippen LogP contribution in [-0.2, 0) is 22.5 Å². The molecule has 1 aromatic rings. The van der Waals surface area contributed by atoms with Crippen LogP contribution in [0.4, 0.5) is 5.82 Å². The third-order valence-electron chi connectivity index (χ3n) is 2.46. The van der Waals surface area contributed by atoms with Crippen LogP contribution in [-0.4, -0.2) is 24.2 Å². The highest BCUT2D eigenvalue weighted by Crippen LogP contribution is 2.20. The fraction of sp³-hybridized carbons (Fsp3) is 0.455. The maximum absolute atomic E-state index is 11.6. The van der Waals surface area contributed by atoms with Gasteiger partial charge in [0.25, 0.3) is 0 Å². The molecule has 1 aliphatic rings. The van der Waals surface area contributed by atoms with E-state index in [1.165, 1.54) is 0 Å². The average Bonchev–Trinajstić information content (AvgIpc) is 2.28. The van der Waals surface area contributed by atoms with Crippen LogP contribution in [0, 0.1) is 0 Å². The van der Waals surface area contributed by atoms with Gasteiger partial charge in [0, 0.05) is 12.0 Å². The van der Waals surface area contributed by atoms with Gasteiger partial charge < -0.3 is 15.2 Å². The van der Waals surface area contributed by atoms with Gasteiger partial charge in [-0.2, -0.15) is 0 Å². The van der Waals surface area contributed by atoms with Crippen molar-refractivity contribution >= 4 is 11.8 Å². The zero-order valence-electron chi connectivity index (χ0n) is 9.16. The van der Waals surface area contributed by atoms with Crippen LogP contribution in [0.15, 0.2) is 6.07 Å². The molecule has 2 N–H and O–H groups in total. The molecule has 0 aromatic carbocycles. The molecule has 16 heavy (non-hydrogen) atoms. The van der Waals surface area contributed by atoms with Gasteiger partial charge in [-0.05, 0) is 13.0 Å². The molecule has 0 spiro atoms. The van der Waals surface area contributed by atoms with E-state index in [-0.39, 0.29) is 5.82 Å². The molecule has 0 bridgehead atoms. The molecule has 0 saturated heterocycles. The molecule has 0 aliphatic carbocycles. The predicted octanol–water partition coefficient (Wildman–Crippen LogP) is 0.913. The van der Waals surface area contributed by atoms with Gasteiger partial charge in [-0.3, -0.25) is 0 Å². The Bertz CT molecular complexity index is 418. The number of hydrogen-bond acceptors (Lipinski definition) is 5. The Morgan fingerprint density at radius 2 is 2.50 bits per heavy atom. The fourth-order valence-corrected chi connectivity index (χ4v) is 1.67. The average molecular weight is 222 g/mol. The van der Waals surface area contributed by atoms with Gasteiger partial charge in [-0.1, -0.05) is 0 Å². The lowest BCUT2D eigenvalue weighted by molar-refractivity contribution is 0.0526. The molecule has 0 amide bonds. The summed E-state index contributed by atoms with van der Waals surface area (Å²) in [6.45, 7) is 3.21. The minimum atomic E-state index is -0.430. The standard InChI is InChI=1S/C11H14N2O3/c1-2-16-11(14)8-5-7-6-15-4-3-9(7)13-10(8)12/h5H,2-4,6H2,1H3,(H2,12,13). The van der Waals surface area contributed by atoms with Gasteiger partial charge in [0.2, 0.25) is 0 Å². The van der Waals surface area contributed by atoms with Crippen molar-refractivity contribution in [1.29, 1.82) is 0 Å². The maximum atomic E-state index is 11.6. The molecule has 2 rings (SSSR count). The number of nitrogens with two attached hydrogens (primary N) is 1. The van der Waals surface area contributed by atoms with Crippen molar-refractivity contribution in [3.8, 4) is 0 Å². The van der Waals surface area contributed by atoms with Crippen molar-refractivity contribution in [1.82, 2.24) is 4.98 Å². The SMILES string of the molecule is CCOC(=O)c1cc2c(nc1N)CCOC2. The van der Waals surface area contributed by atoms with Crippen molar-refractivity contribution in [3.05, 3.63) is 22.9 Å². The third-order valence-corrected chi connectivity index (χ3v) is 2.46. The van der Waals surface area contributed by atoms with Crippen LogP contribution in [0.3, 0.4) is 0 Å². The van der Waals surface area contributed by atoms with Crippen molar-refractivity contribution in [3.63, 3.8) is 0 Å². The lowest BCUT2D eigenvalue weighted by Gasteiger charge is -2.17. The Balaban J connectivity index is 2.35. The fourth-order valence-electron chi connectivity index (χ4n) is 1.67. The second kappa shape index (κ2) is 4.49. The van der Waals surface area contributed by atoms with E-state index in [2.05, 4.69) is 4.98 Å². The molecule has 86 valence electrons. The van der Waals surface area contributed by atoms with Gasteiger partial charge in [0.1, 0.15) is 11.4 Å². The van der Waals surface area contributed by atoms with Crippen LogP contribution in [0.1, 0.15) is 28.5 Å².